The summed E-state index contributed by atoms with van der Waals surface area (Å²) in [6, 6.07) is 21.5. The minimum absolute atomic E-state index is 0.153. The minimum atomic E-state index is -4.50. The minimum Gasteiger partial charge on any atom is -0.455 e. The molecule has 0 spiro atoms. The standard InChI is InChI=1S/C34H25F3N2O/c35-34(36,37)29-8-2-1-6-25(29)30-26-11-9-19-17-21(38)10-12-22(19)32(26)40-33-27(30)14-13-23-24-7-4-16-39-15-3-5-20(31(24)39)18-28(23)33/h1-2,6,8-14,17-18,38H,3-5,7,15-16H2/p+1. The SMILES string of the molecule is Nc1ccc2c3c(ccc2c1)C(c1ccccc1C(F)(F)F)=c1ccc2c4c5c(cc2c1O3)CCC[N+]=5CCC4. The number of nitrogens with zero attached hydrogens (tertiary/aromatic N) is 1. The largest absolute Gasteiger partial charge is 0.455 e. The number of fused-ring (bicyclic) bond motifs is 7. The van der Waals surface area contributed by atoms with E-state index in [2.05, 4.69) is 16.7 Å². The van der Waals surface area contributed by atoms with Gasteiger partial charge in [0.2, 0.25) is 5.36 Å². The molecule has 0 aromatic heterocycles. The molecule has 3 aliphatic heterocycles. The van der Waals surface area contributed by atoms with Crippen LogP contribution in [-0.2, 0) is 19.0 Å². The molecule has 0 amide bonds. The number of ether oxygens (including phenoxy) is 1. The maximum absolute atomic E-state index is 14.4. The Morgan fingerprint density at radius 2 is 1.55 bits per heavy atom. The van der Waals surface area contributed by atoms with Gasteiger partial charge in [-0.1, -0.05) is 30.3 Å². The Bertz CT molecular complexity index is 2040. The summed E-state index contributed by atoms with van der Waals surface area (Å²) >= 11 is 0. The molecule has 0 atom stereocenters. The molecular formula is C34H26F3N2O+. The van der Waals surface area contributed by atoms with Crippen molar-refractivity contribution in [1.82, 2.24) is 4.58 Å². The number of anilines is 1. The van der Waals surface area contributed by atoms with E-state index in [4.69, 9.17) is 10.5 Å². The first-order chi connectivity index (χ1) is 19.4. The Hall–Kier alpha value is -4.32. The number of nitrogen functional groups attached to an aromatic ring is 1. The van der Waals surface area contributed by atoms with Crippen LogP contribution in [0.5, 0.6) is 11.5 Å². The zero-order chi connectivity index (χ0) is 27.2. The van der Waals surface area contributed by atoms with Crippen LogP contribution >= 0.6 is 0 Å². The topological polar surface area (TPSA) is 38.3 Å². The first-order valence-electron chi connectivity index (χ1n) is 13.8. The monoisotopic (exact) mass is 535 g/mol. The van der Waals surface area contributed by atoms with Crippen molar-refractivity contribution in [3.8, 4) is 11.5 Å². The van der Waals surface area contributed by atoms with Crippen molar-refractivity contribution < 1.29 is 17.9 Å². The molecule has 0 saturated carbocycles. The van der Waals surface area contributed by atoms with Gasteiger partial charge in [-0.25, -0.2) is 4.58 Å². The summed E-state index contributed by atoms with van der Waals surface area (Å²) in [7, 11) is 0. The van der Waals surface area contributed by atoms with Crippen LogP contribution in [0.2, 0.25) is 0 Å². The Labute approximate surface area is 228 Å². The van der Waals surface area contributed by atoms with Crippen LogP contribution in [0.1, 0.15) is 40.7 Å². The number of hydrogen-bond donors (Lipinski definition) is 1. The van der Waals surface area contributed by atoms with Crippen LogP contribution in [0, 0.1) is 0 Å². The van der Waals surface area contributed by atoms with Crippen LogP contribution in [0.4, 0.5) is 18.9 Å². The van der Waals surface area contributed by atoms with Gasteiger partial charge in [-0.3, -0.25) is 0 Å². The number of benzene rings is 5. The van der Waals surface area contributed by atoms with E-state index in [0.717, 1.165) is 66.4 Å². The highest BCUT2D eigenvalue weighted by atomic mass is 19.4. The lowest BCUT2D eigenvalue weighted by molar-refractivity contribution is -0.137. The predicted molar refractivity (Wildman–Crippen MR) is 152 cm³/mol. The number of aryl methyl sites for hydroxylation is 2. The van der Waals surface area contributed by atoms with Crippen molar-refractivity contribution in [2.75, 3.05) is 18.8 Å². The smallest absolute Gasteiger partial charge is 0.417 e. The van der Waals surface area contributed by atoms with E-state index in [-0.39, 0.29) is 5.56 Å². The van der Waals surface area contributed by atoms with Crippen molar-refractivity contribution in [2.45, 2.75) is 31.9 Å². The van der Waals surface area contributed by atoms with Gasteiger partial charge in [0.25, 0.3) is 0 Å². The third-order valence-electron chi connectivity index (χ3n) is 8.71. The van der Waals surface area contributed by atoms with Gasteiger partial charge in [0.15, 0.2) is 0 Å². The Balaban J connectivity index is 1.55. The molecule has 8 rings (SSSR count). The number of hydrogen-bond acceptors (Lipinski definition) is 2. The second kappa shape index (κ2) is 8.34. The summed E-state index contributed by atoms with van der Waals surface area (Å²) in [5.41, 5.74) is 10.0. The van der Waals surface area contributed by atoms with Crippen LogP contribution < -0.4 is 25.6 Å². The van der Waals surface area contributed by atoms with Gasteiger partial charge in [-0.15, -0.1) is 0 Å². The molecular weight excluding hydrogens is 509 g/mol. The Kier molecular flexibility index (Phi) is 4.91. The summed E-state index contributed by atoms with van der Waals surface area (Å²) in [5.74, 6) is 1.19. The number of halogens is 3. The van der Waals surface area contributed by atoms with Crippen molar-refractivity contribution >= 4 is 32.8 Å². The average Bonchev–Trinajstić information content (AvgIpc) is 2.95. The lowest BCUT2D eigenvalue weighted by Gasteiger charge is -2.26. The molecule has 0 radical (unpaired) electrons. The second-order valence-corrected chi connectivity index (χ2v) is 11.0. The van der Waals surface area contributed by atoms with E-state index < -0.39 is 11.7 Å². The molecule has 3 aliphatic rings. The predicted octanol–water partition coefficient (Wildman–Crippen LogP) is 6.33. The number of alkyl halides is 3. The highest BCUT2D eigenvalue weighted by Crippen LogP contribution is 2.46. The zero-order valence-electron chi connectivity index (χ0n) is 21.7. The normalized spacial score (nSPS) is 16.0. The molecule has 0 unspecified atom stereocenters. The third-order valence-corrected chi connectivity index (χ3v) is 8.71. The van der Waals surface area contributed by atoms with Crippen molar-refractivity contribution in [3.05, 3.63) is 111 Å². The van der Waals surface area contributed by atoms with Crippen LogP contribution in [0.15, 0.2) is 72.8 Å². The van der Waals surface area contributed by atoms with E-state index >= 15 is 0 Å². The van der Waals surface area contributed by atoms with Gasteiger partial charge >= 0.3 is 6.18 Å². The Morgan fingerprint density at radius 1 is 0.750 bits per heavy atom. The van der Waals surface area contributed by atoms with Crippen molar-refractivity contribution in [1.29, 1.82) is 0 Å². The third kappa shape index (κ3) is 3.35. The van der Waals surface area contributed by atoms with Crippen LogP contribution in [-0.4, -0.2) is 13.1 Å². The summed E-state index contributed by atoms with van der Waals surface area (Å²) in [6.45, 7) is 2.14. The second-order valence-electron chi connectivity index (χ2n) is 11.0. The van der Waals surface area contributed by atoms with E-state index in [1.807, 2.05) is 36.4 Å². The first kappa shape index (κ1) is 23.6. The van der Waals surface area contributed by atoms with Gasteiger partial charge < -0.3 is 10.5 Å². The molecule has 3 nitrogen and oxygen atoms in total. The van der Waals surface area contributed by atoms with Crippen LogP contribution in [0.3, 0.4) is 0 Å². The highest BCUT2D eigenvalue weighted by Gasteiger charge is 2.36. The summed E-state index contributed by atoms with van der Waals surface area (Å²) in [4.78, 5) is 0. The van der Waals surface area contributed by atoms with Gasteiger partial charge in [0.1, 0.15) is 24.6 Å². The lowest BCUT2D eigenvalue weighted by atomic mass is 9.85. The van der Waals surface area contributed by atoms with E-state index in [1.54, 1.807) is 12.1 Å². The molecule has 6 heteroatoms. The first-order valence-corrected chi connectivity index (χ1v) is 13.8. The molecule has 0 bridgehead atoms. The maximum atomic E-state index is 14.4. The van der Waals surface area contributed by atoms with E-state index in [0.29, 0.717) is 33.5 Å². The average molecular weight is 536 g/mol. The van der Waals surface area contributed by atoms with Crippen LogP contribution in [0.25, 0.3) is 27.1 Å². The van der Waals surface area contributed by atoms with Crippen molar-refractivity contribution in [3.63, 3.8) is 0 Å². The summed E-state index contributed by atoms with van der Waals surface area (Å²) in [6.07, 6.45) is -0.337. The number of nitrogens with two attached hydrogens (primary N) is 1. The van der Waals surface area contributed by atoms with Crippen molar-refractivity contribution in [2.24, 2.45) is 0 Å². The van der Waals surface area contributed by atoms with E-state index in [1.165, 1.54) is 22.6 Å². The molecule has 0 fully saturated rings. The summed E-state index contributed by atoms with van der Waals surface area (Å²) < 4.78 is 52.4. The van der Waals surface area contributed by atoms with Gasteiger partial charge in [0.05, 0.1) is 5.56 Å². The van der Waals surface area contributed by atoms with Gasteiger partial charge in [-0.05, 0) is 71.6 Å². The van der Waals surface area contributed by atoms with Gasteiger partial charge in [0, 0.05) is 56.8 Å². The Morgan fingerprint density at radius 3 is 2.40 bits per heavy atom. The molecule has 5 aromatic carbocycles. The number of rotatable bonds is 1. The zero-order valence-corrected chi connectivity index (χ0v) is 21.7. The van der Waals surface area contributed by atoms with Gasteiger partial charge in [-0.2, -0.15) is 13.2 Å². The molecule has 3 heterocycles. The lowest BCUT2D eigenvalue weighted by Crippen LogP contribution is -2.43. The molecule has 40 heavy (non-hydrogen) atoms. The fourth-order valence-electron chi connectivity index (χ4n) is 7.07. The molecule has 0 aliphatic carbocycles. The molecule has 198 valence electrons. The quantitative estimate of drug-likeness (QED) is 0.197. The fraction of sp³-hybridized carbons (Fsp3) is 0.206. The highest BCUT2D eigenvalue weighted by molar-refractivity contribution is 6.02. The van der Waals surface area contributed by atoms with E-state index in [9.17, 15) is 13.2 Å². The molecule has 2 N–H and O–H groups in total. The molecule has 0 saturated heterocycles. The summed E-state index contributed by atoms with van der Waals surface area (Å²) in [5, 5.41) is 5.84. The maximum Gasteiger partial charge on any atom is 0.417 e. The molecule has 5 aromatic rings. The fourth-order valence-corrected chi connectivity index (χ4v) is 7.07.